The van der Waals surface area contributed by atoms with Crippen LogP contribution in [0.15, 0.2) is 23.8 Å². The molecule has 0 spiro atoms. The fourth-order valence-corrected chi connectivity index (χ4v) is 2.19. The summed E-state index contributed by atoms with van der Waals surface area (Å²) in [5, 5.41) is 8.72. The Morgan fingerprint density at radius 1 is 1.50 bits per heavy atom. The van der Waals surface area contributed by atoms with Gasteiger partial charge in [-0.05, 0) is 44.6 Å². The molecule has 0 amide bonds. The van der Waals surface area contributed by atoms with Gasteiger partial charge in [0.1, 0.15) is 0 Å². The van der Waals surface area contributed by atoms with Gasteiger partial charge >= 0.3 is 0 Å². The molecule has 2 heteroatoms. The summed E-state index contributed by atoms with van der Waals surface area (Å²) in [6.07, 6.45) is 6.23. The molecule has 0 rings (SSSR count). The third-order valence-corrected chi connectivity index (χ3v) is 3.13. The molecule has 0 heterocycles. The predicted molar refractivity (Wildman–Crippen MR) is 66.8 cm³/mol. The van der Waals surface area contributed by atoms with Crippen molar-refractivity contribution in [2.24, 2.45) is 5.92 Å². The van der Waals surface area contributed by atoms with E-state index in [2.05, 4.69) is 26.7 Å². The first-order valence-electron chi connectivity index (χ1n) is 5.02. The molecule has 0 bridgehead atoms. The minimum absolute atomic E-state index is 0.159. The van der Waals surface area contributed by atoms with Gasteiger partial charge < -0.3 is 5.11 Å². The Morgan fingerprint density at radius 3 is 2.57 bits per heavy atom. The van der Waals surface area contributed by atoms with Gasteiger partial charge in [-0.15, -0.1) is 0 Å². The Bertz CT molecular complexity index is 196. The minimum atomic E-state index is 0.159. The molecule has 0 aliphatic carbocycles. The van der Waals surface area contributed by atoms with Crippen LogP contribution in [0.25, 0.3) is 0 Å². The fourth-order valence-electron chi connectivity index (χ4n) is 1.33. The minimum Gasteiger partial charge on any atom is -0.392 e. The highest BCUT2D eigenvalue weighted by Gasteiger charge is 2.08. The van der Waals surface area contributed by atoms with E-state index in [4.69, 9.17) is 5.11 Å². The zero-order chi connectivity index (χ0) is 11.0. The van der Waals surface area contributed by atoms with Crippen molar-refractivity contribution in [2.45, 2.75) is 26.7 Å². The fraction of sp³-hybridized carbons (Fsp3) is 0.667. The highest BCUT2D eigenvalue weighted by molar-refractivity contribution is 7.98. The van der Waals surface area contributed by atoms with Gasteiger partial charge in [0.25, 0.3) is 0 Å². The van der Waals surface area contributed by atoms with E-state index < -0.39 is 0 Å². The number of hydrogen-bond acceptors (Lipinski definition) is 2. The maximum absolute atomic E-state index is 8.72. The Kier molecular flexibility index (Phi) is 8.01. The van der Waals surface area contributed by atoms with Gasteiger partial charge in [-0.25, -0.2) is 0 Å². The number of aliphatic hydroxyl groups excluding tert-OH is 1. The molecular weight excluding hydrogens is 192 g/mol. The Morgan fingerprint density at radius 2 is 2.14 bits per heavy atom. The molecule has 0 aromatic heterocycles. The lowest BCUT2D eigenvalue weighted by Crippen LogP contribution is -2.05. The summed E-state index contributed by atoms with van der Waals surface area (Å²) in [6, 6.07) is 0. The molecule has 0 aliphatic heterocycles. The van der Waals surface area contributed by atoms with Gasteiger partial charge in [0.05, 0.1) is 6.61 Å². The molecule has 0 fully saturated rings. The van der Waals surface area contributed by atoms with Gasteiger partial charge in [-0.3, -0.25) is 0 Å². The third kappa shape index (κ3) is 6.28. The average molecular weight is 214 g/mol. The van der Waals surface area contributed by atoms with Crippen LogP contribution in [0.3, 0.4) is 0 Å². The van der Waals surface area contributed by atoms with Crippen molar-refractivity contribution in [3.63, 3.8) is 0 Å². The van der Waals surface area contributed by atoms with Crippen LogP contribution in [0.2, 0.25) is 0 Å². The maximum atomic E-state index is 8.72. The standard InChI is InChI=1S/C12H22OS/c1-10(2)12(9-14-4)6-5-11(3)7-8-13/h7,12-13H,1,5-6,8-9H2,2-4H3/b11-7+. The summed E-state index contributed by atoms with van der Waals surface area (Å²) in [6.45, 7) is 8.35. The van der Waals surface area contributed by atoms with E-state index in [1.54, 1.807) is 0 Å². The zero-order valence-electron chi connectivity index (χ0n) is 9.55. The number of thioether (sulfide) groups is 1. The lowest BCUT2D eigenvalue weighted by molar-refractivity contribution is 0.341. The summed E-state index contributed by atoms with van der Waals surface area (Å²) in [4.78, 5) is 0. The van der Waals surface area contributed by atoms with Crippen molar-refractivity contribution >= 4 is 11.8 Å². The molecule has 1 nitrogen and oxygen atoms in total. The SMILES string of the molecule is C=C(C)C(CC/C(C)=C/CO)CSC. The van der Waals surface area contributed by atoms with Crippen molar-refractivity contribution in [3.05, 3.63) is 23.8 Å². The molecule has 0 aliphatic rings. The van der Waals surface area contributed by atoms with Gasteiger partial charge in [0, 0.05) is 0 Å². The van der Waals surface area contributed by atoms with Gasteiger partial charge in [0.2, 0.25) is 0 Å². The highest BCUT2D eigenvalue weighted by Crippen LogP contribution is 2.21. The summed E-state index contributed by atoms with van der Waals surface area (Å²) >= 11 is 1.87. The summed E-state index contributed by atoms with van der Waals surface area (Å²) in [5.74, 6) is 1.77. The van der Waals surface area contributed by atoms with Crippen LogP contribution in [0.4, 0.5) is 0 Å². The van der Waals surface area contributed by atoms with Crippen LogP contribution in [0.1, 0.15) is 26.7 Å². The summed E-state index contributed by atoms with van der Waals surface area (Å²) < 4.78 is 0. The summed E-state index contributed by atoms with van der Waals surface area (Å²) in [5.41, 5.74) is 2.55. The second-order valence-corrected chi connectivity index (χ2v) is 4.68. The van der Waals surface area contributed by atoms with E-state index in [9.17, 15) is 0 Å². The van der Waals surface area contributed by atoms with Crippen LogP contribution < -0.4 is 0 Å². The molecule has 1 atom stereocenters. The van der Waals surface area contributed by atoms with E-state index in [0.29, 0.717) is 5.92 Å². The quantitative estimate of drug-likeness (QED) is 0.656. The number of aliphatic hydroxyl groups is 1. The second-order valence-electron chi connectivity index (χ2n) is 3.77. The Balaban J connectivity index is 3.93. The predicted octanol–water partition coefficient (Wildman–Crippen LogP) is 3.26. The van der Waals surface area contributed by atoms with Crippen LogP contribution in [0, 0.1) is 5.92 Å². The first kappa shape index (κ1) is 13.8. The normalized spacial score (nSPS) is 14.1. The van der Waals surface area contributed by atoms with Gasteiger partial charge in [-0.2, -0.15) is 11.8 Å². The van der Waals surface area contributed by atoms with Crippen LogP contribution in [-0.2, 0) is 0 Å². The van der Waals surface area contributed by atoms with Crippen LogP contribution >= 0.6 is 11.8 Å². The highest BCUT2D eigenvalue weighted by atomic mass is 32.2. The van der Waals surface area contributed by atoms with E-state index in [-0.39, 0.29) is 6.61 Å². The number of hydrogen-bond donors (Lipinski definition) is 1. The third-order valence-electron chi connectivity index (χ3n) is 2.39. The van der Waals surface area contributed by atoms with E-state index in [0.717, 1.165) is 18.6 Å². The lowest BCUT2D eigenvalue weighted by atomic mass is 9.96. The molecule has 0 saturated heterocycles. The largest absolute Gasteiger partial charge is 0.392 e. The smallest absolute Gasteiger partial charge is 0.0614 e. The van der Waals surface area contributed by atoms with Crippen molar-refractivity contribution in [1.29, 1.82) is 0 Å². The molecule has 0 saturated carbocycles. The topological polar surface area (TPSA) is 20.2 Å². The molecule has 0 aromatic rings. The molecule has 82 valence electrons. The summed E-state index contributed by atoms with van der Waals surface area (Å²) in [7, 11) is 0. The van der Waals surface area contributed by atoms with Crippen molar-refractivity contribution in [2.75, 3.05) is 18.6 Å². The second kappa shape index (κ2) is 8.13. The van der Waals surface area contributed by atoms with E-state index in [1.807, 2.05) is 17.8 Å². The van der Waals surface area contributed by atoms with Crippen molar-refractivity contribution < 1.29 is 5.11 Å². The van der Waals surface area contributed by atoms with Crippen LogP contribution in [0.5, 0.6) is 0 Å². The van der Waals surface area contributed by atoms with Crippen molar-refractivity contribution in [3.8, 4) is 0 Å². The van der Waals surface area contributed by atoms with Crippen molar-refractivity contribution in [1.82, 2.24) is 0 Å². The molecular formula is C12H22OS. The van der Waals surface area contributed by atoms with E-state index >= 15 is 0 Å². The zero-order valence-corrected chi connectivity index (χ0v) is 10.4. The maximum Gasteiger partial charge on any atom is 0.0614 e. The molecule has 1 N–H and O–H groups in total. The first-order chi connectivity index (χ1) is 6.61. The van der Waals surface area contributed by atoms with Gasteiger partial charge in [0.15, 0.2) is 0 Å². The Hall–Kier alpha value is -0.210. The van der Waals surface area contributed by atoms with E-state index in [1.165, 1.54) is 11.1 Å². The Labute approximate surface area is 92.3 Å². The molecule has 0 radical (unpaired) electrons. The van der Waals surface area contributed by atoms with Crippen LogP contribution in [-0.4, -0.2) is 23.7 Å². The average Bonchev–Trinajstić information content (AvgIpc) is 2.12. The molecule has 1 unspecified atom stereocenters. The number of allylic oxidation sites excluding steroid dienone is 2. The molecule has 0 aromatic carbocycles. The number of rotatable bonds is 7. The van der Waals surface area contributed by atoms with Gasteiger partial charge in [-0.1, -0.05) is 23.8 Å². The monoisotopic (exact) mass is 214 g/mol. The molecule has 14 heavy (non-hydrogen) atoms. The lowest BCUT2D eigenvalue weighted by Gasteiger charge is -2.15. The first-order valence-corrected chi connectivity index (χ1v) is 6.42.